The molecule has 3 heterocycles. The third-order valence-electron chi connectivity index (χ3n) is 2.41. The molecule has 20 heavy (non-hydrogen) atoms. The van der Waals surface area contributed by atoms with E-state index in [1.807, 2.05) is 0 Å². The number of H-pyrrole nitrogens is 1. The van der Waals surface area contributed by atoms with Crippen LogP contribution in [-0.2, 0) is 4.74 Å². The Kier molecular flexibility index (Phi) is 3.25. The molecule has 0 amide bonds. The Labute approximate surface area is 117 Å². The van der Waals surface area contributed by atoms with Gasteiger partial charge in [0.2, 0.25) is 0 Å². The normalized spacial score (nSPS) is 10.7. The number of carbonyl (C=O) groups is 1. The number of rotatable bonds is 3. The summed E-state index contributed by atoms with van der Waals surface area (Å²) < 4.78 is 4.56. The van der Waals surface area contributed by atoms with Crippen molar-refractivity contribution < 1.29 is 9.53 Å². The van der Waals surface area contributed by atoms with E-state index in [2.05, 4.69) is 34.6 Å². The lowest BCUT2D eigenvalue weighted by Crippen LogP contribution is -2.04. The molecule has 0 aliphatic rings. The first-order valence-electron chi connectivity index (χ1n) is 5.50. The maximum Gasteiger partial charge on any atom is 0.358 e. The number of imidazole rings is 1. The molecule has 0 bridgehead atoms. The summed E-state index contributed by atoms with van der Waals surface area (Å²) >= 11 is 1.30. The topological polar surface area (TPSA) is 107 Å². The fourth-order valence-electron chi connectivity index (χ4n) is 1.50. The predicted molar refractivity (Wildman–Crippen MR) is 69.2 cm³/mol. The molecule has 3 aromatic rings. The summed E-state index contributed by atoms with van der Waals surface area (Å²) in [4.78, 5) is 34.6. The molecule has 3 rings (SSSR count). The number of esters is 1. The number of hydrogen-bond donors (Lipinski definition) is 1. The summed E-state index contributed by atoms with van der Waals surface area (Å²) in [6, 6.07) is 0. The zero-order chi connectivity index (χ0) is 13.9. The van der Waals surface area contributed by atoms with Gasteiger partial charge in [-0.25, -0.2) is 29.7 Å². The van der Waals surface area contributed by atoms with Gasteiger partial charge in [0.25, 0.3) is 0 Å². The van der Waals surface area contributed by atoms with Gasteiger partial charge < -0.3 is 9.72 Å². The van der Waals surface area contributed by atoms with Crippen molar-refractivity contribution in [2.24, 2.45) is 0 Å². The maximum absolute atomic E-state index is 11.3. The van der Waals surface area contributed by atoms with Crippen LogP contribution in [0.5, 0.6) is 0 Å². The molecule has 9 heteroatoms. The minimum atomic E-state index is -0.521. The number of nitrogens with one attached hydrogen (secondary N) is 1. The van der Waals surface area contributed by atoms with Gasteiger partial charge in [0.15, 0.2) is 11.3 Å². The molecule has 3 aromatic heterocycles. The number of aromatic nitrogens is 6. The minimum Gasteiger partial charge on any atom is -0.464 e. The first-order chi connectivity index (χ1) is 9.78. The molecule has 0 spiro atoms. The van der Waals surface area contributed by atoms with E-state index in [9.17, 15) is 4.79 Å². The van der Waals surface area contributed by atoms with Crippen LogP contribution >= 0.6 is 11.8 Å². The Morgan fingerprint density at radius 3 is 2.85 bits per heavy atom. The first-order valence-corrected chi connectivity index (χ1v) is 6.32. The number of aromatic amines is 1. The Morgan fingerprint density at radius 1 is 1.20 bits per heavy atom. The van der Waals surface area contributed by atoms with E-state index < -0.39 is 5.97 Å². The van der Waals surface area contributed by atoms with Gasteiger partial charge in [-0.15, -0.1) is 0 Å². The zero-order valence-electron chi connectivity index (χ0n) is 10.3. The second-order valence-corrected chi connectivity index (χ2v) is 4.62. The van der Waals surface area contributed by atoms with Gasteiger partial charge in [-0.2, -0.15) is 0 Å². The van der Waals surface area contributed by atoms with Gasteiger partial charge >= 0.3 is 5.97 Å². The Balaban J connectivity index is 1.88. The summed E-state index contributed by atoms with van der Waals surface area (Å²) in [6.07, 6.45) is 5.83. The molecule has 100 valence electrons. The molecular formula is C11H8N6O2S. The number of carbonyl (C=O) groups excluding carboxylic acids is 1. The molecule has 0 aliphatic carbocycles. The van der Waals surface area contributed by atoms with Crippen LogP contribution in [0.15, 0.2) is 35.1 Å². The summed E-state index contributed by atoms with van der Waals surface area (Å²) in [6.45, 7) is 0. The number of hydrogen-bond acceptors (Lipinski definition) is 8. The summed E-state index contributed by atoms with van der Waals surface area (Å²) in [5, 5.41) is 1.29. The van der Waals surface area contributed by atoms with Crippen molar-refractivity contribution in [1.29, 1.82) is 0 Å². The van der Waals surface area contributed by atoms with Crippen molar-refractivity contribution in [3.05, 3.63) is 30.7 Å². The number of nitrogens with zero attached hydrogens (tertiary/aromatic N) is 5. The number of fused-ring (bicyclic) bond motifs is 1. The van der Waals surface area contributed by atoms with Gasteiger partial charge in [-0.05, 0) is 11.8 Å². The Bertz CT molecular complexity index is 757. The van der Waals surface area contributed by atoms with E-state index in [1.54, 1.807) is 6.33 Å². The van der Waals surface area contributed by atoms with Crippen LogP contribution in [0.25, 0.3) is 11.2 Å². The fourth-order valence-corrected chi connectivity index (χ4v) is 2.26. The highest BCUT2D eigenvalue weighted by Gasteiger charge is 2.11. The third-order valence-corrected chi connectivity index (χ3v) is 3.33. The van der Waals surface area contributed by atoms with Crippen LogP contribution in [0.3, 0.4) is 0 Å². The van der Waals surface area contributed by atoms with E-state index in [-0.39, 0.29) is 5.69 Å². The smallest absolute Gasteiger partial charge is 0.358 e. The van der Waals surface area contributed by atoms with Crippen LogP contribution in [0, 0.1) is 0 Å². The van der Waals surface area contributed by atoms with Gasteiger partial charge in [-0.1, -0.05) is 0 Å². The number of methoxy groups -OCH3 is 1. The van der Waals surface area contributed by atoms with Crippen LogP contribution in [0.2, 0.25) is 0 Å². The van der Waals surface area contributed by atoms with Crippen molar-refractivity contribution >= 4 is 28.9 Å². The summed E-state index contributed by atoms with van der Waals surface area (Å²) in [5.41, 5.74) is 1.48. The Hall–Kier alpha value is -2.55. The highest BCUT2D eigenvalue weighted by molar-refractivity contribution is 7.99. The largest absolute Gasteiger partial charge is 0.464 e. The van der Waals surface area contributed by atoms with Crippen LogP contribution in [0.1, 0.15) is 10.5 Å². The van der Waals surface area contributed by atoms with Gasteiger partial charge in [-0.3, -0.25) is 0 Å². The van der Waals surface area contributed by atoms with Gasteiger partial charge in [0.05, 0.1) is 25.8 Å². The van der Waals surface area contributed by atoms with Crippen LogP contribution in [-0.4, -0.2) is 43.0 Å². The number of ether oxygens (including phenoxy) is 1. The van der Waals surface area contributed by atoms with E-state index >= 15 is 0 Å². The molecule has 1 N–H and O–H groups in total. The molecule has 0 aromatic carbocycles. The first kappa shape index (κ1) is 12.5. The van der Waals surface area contributed by atoms with Crippen LogP contribution in [0.4, 0.5) is 0 Å². The van der Waals surface area contributed by atoms with Gasteiger partial charge in [0, 0.05) is 0 Å². The predicted octanol–water partition coefficient (Wildman–Crippen LogP) is 1.08. The molecule has 0 aliphatic heterocycles. The minimum absolute atomic E-state index is 0.159. The SMILES string of the molecule is COC(=O)c1cnc(Sc2ncnc3nc[nH]c23)cn1. The standard InChI is InChI=1S/C11H8N6O2S/c1-19-11(18)6-2-13-7(3-12-6)20-10-8-9(15-4-14-8)16-5-17-10/h2-5H,1H3,(H,14,15,16,17). The molecule has 0 saturated heterocycles. The lowest BCUT2D eigenvalue weighted by molar-refractivity contribution is 0.0593. The van der Waals surface area contributed by atoms with Crippen molar-refractivity contribution in [2.45, 2.75) is 10.1 Å². The molecule has 0 unspecified atom stereocenters. The molecule has 0 saturated carbocycles. The fraction of sp³-hybridized carbons (Fsp3) is 0.0909. The summed E-state index contributed by atoms with van der Waals surface area (Å²) in [7, 11) is 1.29. The quantitative estimate of drug-likeness (QED) is 0.563. The van der Waals surface area contributed by atoms with Crippen molar-refractivity contribution in [3.8, 4) is 0 Å². The molecule has 0 radical (unpaired) electrons. The average Bonchev–Trinajstić information content (AvgIpc) is 2.97. The van der Waals surface area contributed by atoms with Crippen molar-refractivity contribution in [1.82, 2.24) is 29.9 Å². The lowest BCUT2D eigenvalue weighted by atomic mass is 10.5. The highest BCUT2D eigenvalue weighted by Crippen LogP contribution is 2.27. The second-order valence-electron chi connectivity index (χ2n) is 3.61. The van der Waals surface area contributed by atoms with Gasteiger partial charge in [0.1, 0.15) is 21.9 Å². The second kappa shape index (κ2) is 5.21. The monoisotopic (exact) mass is 288 g/mol. The van der Waals surface area contributed by atoms with Crippen molar-refractivity contribution in [3.63, 3.8) is 0 Å². The third kappa shape index (κ3) is 2.30. The van der Waals surface area contributed by atoms with Crippen molar-refractivity contribution in [2.75, 3.05) is 7.11 Å². The zero-order valence-corrected chi connectivity index (χ0v) is 11.1. The van der Waals surface area contributed by atoms with E-state index in [4.69, 9.17) is 0 Å². The molecular weight excluding hydrogens is 280 g/mol. The van der Waals surface area contributed by atoms with E-state index in [0.29, 0.717) is 15.7 Å². The maximum atomic E-state index is 11.3. The molecule has 0 fully saturated rings. The van der Waals surface area contributed by atoms with E-state index in [0.717, 1.165) is 5.52 Å². The molecule has 0 atom stereocenters. The Morgan fingerprint density at radius 2 is 2.10 bits per heavy atom. The highest BCUT2D eigenvalue weighted by atomic mass is 32.2. The lowest BCUT2D eigenvalue weighted by Gasteiger charge is -2.01. The van der Waals surface area contributed by atoms with Crippen LogP contribution < -0.4 is 0 Å². The average molecular weight is 288 g/mol. The summed E-state index contributed by atoms with van der Waals surface area (Å²) in [5.74, 6) is -0.521. The molecule has 8 nitrogen and oxygen atoms in total. The van der Waals surface area contributed by atoms with E-state index in [1.165, 1.54) is 37.6 Å².